The number of nitrogens with zero attached hydrogens (tertiary/aromatic N) is 4. The van der Waals surface area contributed by atoms with E-state index in [1.165, 1.54) is 11.3 Å². The molecule has 8 heteroatoms. The van der Waals surface area contributed by atoms with E-state index in [-0.39, 0.29) is 5.91 Å². The Morgan fingerprint density at radius 2 is 1.81 bits per heavy atom. The topological polar surface area (TPSA) is 70.0 Å². The van der Waals surface area contributed by atoms with Crippen LogP contribution < -0.4 is 10.2 Å². The highest BCUT2D eigenvalue weighted by molar-refractivity contribution is 7.21. The van der Waals surface area contributed by atoms with E-state index in [0.717, 1.165) is 29.0 Å². The first kappa shape index (κ1) is 21.9. The summed E-state index contributed by atoms with van der Waals surface area (Å²) >= 11 is 7.48. The number of azo groups is 1. The van der Waals surface area contributed by atoms with Crippen molar-refractivity contribution < 1.29 is 4.79 Å². The highest BCUT2D eigenvalue weighted by Gasteiger charge is 2.12. The second-order valence-electron chi connectivity index (χ2n) is 7.00. The summed E-state index contributed by atoms with van der Waals surface area (Å²) in [5.41, 5.74) is 3.56. The number of carbonyl (C=O) groups is 1. The van der Waals surface area contributed by atoms with Crippen molar-refractivity contribution in [3.05, 3.63) is 77.3 Å². The second kappa shape index (κ2) is 9.89. The van der Waals surface area contributed by atoms with E-state index in [9.17, 15) is 4.79 Å². The number of anilines is 2. The van der Waals surface area contributed by atoms with Gasteiger partial charge in [0.25, 0.3) is 5.91 Å². The number of benzene rings is 3. The Bertz CT molecular complexity index is 1270. The Kier molecular flexibility index (Phi) is 6.78. The van der Waals surface area contributed by atoms with Gasteiger partial charge in [-0.2, -0.15) is 0 Å². The Hall–Kier alpha value is -3.29. The van der Waals surface area contributed by atoms with Gasteiger partial charge >= 0.3 is 0 Å². The van der Waals surface area contributed by atoms with Crippen LogP contribution >= 0.6 is 22.9 Å². The van der Waals surface area contributed by atoms with Crippen molar-refractivity contribution in [2.24, 2.45) is 10.2 Å². The summed E-state index contributed by atoms with van der Waals surface area (Å²) in [5.74, 6) is -0.201. The molecule has 0 atom stereocenters. The molecule has 0 bridgehead atoms. The zero-order valence-corrected chi connectivity index (χ0v) is 19.3. The lowest BCUT2D eigenvalue weighted by Crippen LogP contribution is -2.22. The quantitative estimate of drug-likeness (QED) is 0.289. The molecule has 1 N–H and O–H groups in total. The molecule has 162 valence electrons. The van der Waals surface area contributed by atoms with Crippen LogP contribution in [0.25, 0.3) is 10.2 Å². The van der Waals surface area contributed by atoms with Gasteiger partial charge < -0.3 is 10.2 Å². The zero-order valence-electron chi connectivity index (χ0n) is 17.7. The summed E-state index contributed by atoms with van der Waals surface area (Å²) in [4.78, 5) is 19.5. The fraction of sp³-hybridized carbons (Fsp3) is 0.167. The van der Waals surface area contributed by atoms with Crippen molar-refractivity contribution in [1.29, 1.82) is 0 Å². The Morgan fingerprint density at radius 1 is 1.03 bits per heavy atom. The van der Waals surface area contributed by atoms with Crippen LogP contribution in [0.4, 0.5) is 22.2 Å². The summed E-state index contributed by atoms with van der Waals surface area (Å²) < 4.78 is 0.945. The van der Waals surface area contributed by atoms with Crippen molar-refractivity contribution >= 4 is 61.3 Å². The summed E-state index contributed by atoms with van der Waals surface area (Å²) in [6, 6.07) is 20.4. The molecule has 0 radical (unpaired) electrons. The summed E-state index contributed by atoms with van der Waals surface area (Å²) in [6.45, 7) is 5.91. The SMILES string of the molecule is CCN(CC)c1ccc(N=Nc2nc3ccc(Cl)cc3s2)c(NC(=O)c2ccccc2)c1. The van der Waals surface area contributed by atoms with Crippen LogP contribution in [0, 0.1) is 0 Å². The Labute approximate surface area is 195 Å². The Morgan fingerprint density at radius 3 is 2.56 bits per heavy atom. The summed E-state index contributed by atoms with van der Waals surface area (Å²) in [7, 11) is 0. The monoisotopic (exact) mass is 463 g/mol. The molecule has 0 saturated carbocycles. The van der Waals surface area contributed by atoms with Gasteiger partial charge in [0.15, 0.2) is 0 Å². The molecule has 3 aromatic carbocycles. The van der Waals surface area contributed by atoms with Gasteiger partial charge in [-0.3, -0.25) is 4.79 Å². The zero-order chi connectivity index (χ0) is 22.5. The highest BCUT2D eigenvalue weighted by atomic mass is 35.5. The summed E-state index contributed by atoms with van der Waals surface area (Å²) in [5, 5.41) is 12.9. The number of aromatic nitrogens is 1. The molecule has 0 fully saturated rings. The third kappa shape index (κ3) is 4.95. The molecular weight excluding hydrogens is 442 g/mol. The molecule has 1 heterocycles. The highest BCUT2D eigenvalue weighted by Crippen LogP contribution is 2.34. The predicted molar refractivity (Wildman–Crippen MR) is 133 cm³/mol. The van der Waals surface area contributed by atoms with Crippen molar-refractivity contribution in [2.75, 3.05) is 23.3 Å². The largest absolute Gasteiger partial charge is 0.372 e. The van der Waals surface area contributed by atoms with E-state index in [0.29, 0.717) is 27.1 Å². The van der Waals surface area contributed by atoms with Crippen LogP contribution in [-0.2, 0) is 0 Å². The normalized spacial score (nSPS) is 11.2. The molecule has 1 amide bonds. The van der Waals surface area contributed by atoms with E-state index in [2.05, 4.69) is 39.3 Å². The molecule has 4 rings (SSSR count). The molecule has 0 unspecified atom stereocenters. The first-order valence-corrected chi connectivity index (χ1v) is 11.5. The fourth-order valence-corrected chi connectivity index (χ4v) is 4.37. The molecule has 0 aliphatic rings. The van der Waals surface area contributed by atoms with Crippen LogP contribution in [0.2, 0.25) is 5.02 Å². The number of thiazole rings is 1. The van der Waals surface area contributed by atoms with Gasteiger partial charge in [-0.1, -0.05) is 41.1 Å². The van der Waals surface area contributed by atoms with Crippen molar-refractivity contribution in [3.63, 3.8) is 0 Å². The van der Waals surface area contributed by atoms with Gasteiger partial charge in [-0.25, -0.2) is 4.98 Å². The maximum atomic E-state index is 12.8. The van der Waals surface area contributed by atoms with Crippen LogP contribution in [0.15, 0.2) is 77.0 Å². The Balaban J connectivity index is 1.67. The van der Waals surface area contributed by atoms with Gasteiger partial charge in [-0.05, 0) is 62.4 Å². The first-order chi connectivity index (χ1) is 15.6. The van der Waals surface area contributed by atoms with Gasteiger partial charge in [-0.15, -0.1) is 10.2 Å². The van der Waals surface area contributed by atoms with E-state index in [1.807, 2.05) is 48.5 Å². The third-order valence-electron chi connectivity index (χ3n) is 4.98. The standard InChI is InChI=1S/C24H22ClN5OS/c1-3-30(4-2)18-11-13-19(21(15-18)26-23(31)16-8-6-5-7-9-16)28-29-24-27-20-12-10-17(25)14-22(20)32-24/h5-15H,3-4H2,1-2H3,(H,26,31). The minimum atomic E-state index is -0.201. The number of carbonyl (C=O) groups excluding carboxylic acids is 1. The molecule has 6 nitrogen and oxygen atoms in total. The number of nitrogens with one attached hydrogen (secondary N) is 1. The number of halogens is 1. The van der Waals surface area contributed by atoms with E-state index in [4.69, 9.17) is 11.6 Å². The fourth-order valence-electron chi connectivity index (χ4n) is 3.31. The van der Waals surface area contributed by atoms with Gasteiger partial charge in [0, 0.05) is 29.4 Å². The van der Waals surface area contributed by atoms with Crippen LogP contribution in [0.1, 0.15) is 24.2 Å². The molecule has 0 saturated heterocycles. The molecule has 0 spiro atoms. The average molecular weight is 464 g/mol. The van der Waals surface area contributed by atoms with E-state index in [1.54, 1.807) is 18.2 Å². The molecule has 0 aliphatic carbocycles. The van der Waals surface area contributed by atoms with Crippen molar-refractivity contribution in [2.45, 2.75) is 13.8 Å². The average Bonchev–Trinajstić information content (AvgIpc) is 3.22. The van der Waals surface area contributed by atoms with E-state index >= 15 is 0 Å². The molecule has 4 aromatic rings. The smallest absolute Gasteiger partial charge is 0.255 e. The number of fused-ring (bicyclic) bond motifs is 1. The molecule has 0 aliphatic heterocycles. The lowest BCUT2D eigenvalue weighted by molar-refractivity contribution is 0.102. The van der Waals surface area contributed by atoms with Gasteiger partial charge in [0.2, 0.25) is 5.13 Å². The van der Waals surface area contributed by atoms with Crippen LogP contribution in [-0.4, -0.2) is 24.0 Å². The lowest BCUT2D eigenvalue weighted by Gasteiger charge is -2.22. The van der Waals surface area contributed by atoms with Crippen LogP contribution in [0.5, 0.6) is 0 Å². The third-order valence-corrected chi connectivity index (χ3v) is 6.11. The van der Waals surface area contributed by atoms with Crippen molar-refractivity contribution in [1.82, 2.24) is 4.98 Å². The maximum Gasteiger partial charge on any atom is 0.255 e. The first-order valence-electron chi connectivity index (χ1n) is 10.3. The van der Waals surface area contributed by atoms with Gasteiger partial charge in [0.05, 0.1) is 15.9 Å². The van der Waals surface area contributed by atoms with Crippen molar-refractivity contribution in [3.8, 4) is 0 Å². The number of amides is 1. The molecular formula is C24H22ClN5OS. The summed E-state index contributed by atoms with van der Waals surface area (Å²) in [6.07, 6.45) is 0. The maximum absolute atomic E-state index is 12.8. The number of hydrogen-bond donors (Lipinski definition) is 1. The molecule has 1 aromatic heterocycles. The lowest BCUT2D eigenvalue weighted by atomic mass is 10.2. The minimum absolute atomic E-state index is 0.201. The van der Waals surface area contributed by atoms with Gasteiger partial charge in [0.1, 0.15) is 5.69 Å². The number of rotatable bonds is 7. The van der Waals surface area contributed by atoms with E-state index < -0.39 is 0 Å². The number of hydrogen-bond acceptors (Lipinski definition) is 6. The predicted octanol–water partition coefficient (Wildman–Crippen LogP) is 7.46. The second-order valence-corrected chi connectivity index (χ2v) is 8.45. The minimum Gasteiger partial charge on any atom is -0.372 e. The van der Waals surface area contributed by atoms with Crippen LogP contribution in [0.3, 0.4) is 0 Å². The molecule has 32 heavy (non-hydrogen) atoms.